The van der Waals surface area contributed by atoms with E-state index in [1.807, 2.05) is 0 Å². The van der Waals surface area contributed by atoms with Crippen LogP contribution in [0.3, 0.4) is 0 Å². The molecule has 2 saturated heterocycles. The van der Waals surface area contributed by atoms with Gasteiger partial charge in [0.25, 0.3) is 0 Å². The van der Waals surface area contributed by atoms with E-state index in [4.69, 9.17) is 4.74 Å². The molecule has 50 heavy (non-hydrogen) atoms. The van der Waals surface area contributed by atoms with E-state index in [-0.39, 0.29) is 35.6 Å². The number of pyridine rings is 1. The first-order chi connectivity index (χ1) is 23.2. The number of carbonyl (C=O) groups excluding carboxylic acids is 1. The summed E-state index contributed by atoms with van der Waals surface area (Å²) in [5.41, 5.74) is -1.97. The van der Waals surface area contributed by atoms with Crippen molar-refractivity contribution in [3.05, 3.63) is 111 Å². The Morgan fingerprint density at radius 3 is 1.98 bits per heavy atom. The predicted molar refractivity (Wildman–Crippen MR) is 160 cm³/mol. The van der Waals surface area contributed by atoms with Crippen LogP contribution in [0.25, 0.3) is 22.3 Å². The summed E-state index contributed by atoms with van der Waals surface area (Å²) in [5, 5.41) is 9.35. The zero-order valence-electron chi connectivity index (χ0n) is 26.0. The van der Waals surface area contributed by atoms with E-state index < -0.39 is 71.0 Å². The maximum Gasteiger partial charge on any atom is 0.416 e. The van der Waals surface area contributed by atoms with Crippen LogP contribution in [0.15, 0.2) is 66.9 Å². The third-order valence-electron chi connectivity index (χ3n) is 9.05. The number of carboxylic acids is 1. The van der Waals surface area contributed by atoms with E-state index in [9.17, 15) is 54.2 Å². The lowest BCUT2D eigenvalue weighted by atomic mass is 9.89. The van der Waals surface area contributed by atoms with E-state index in [0.29, 0.717) is 40.1 Å². The van der Waals surface area contributed by atoms with Crippen LogP contribution < -0.4 is 0 Å². The highest BCUT2D eigenvalue weighted by Crippen LogP contribution is 2.51. The number of hydrogen-bond acceptors (Lipinski definition) is 4. The normalized spacial score (nSPS) is 19.5. The second kappa shape index (κ2) is 12.1. The van der Waals surface area contributed by atoms with Crippen molar-refractivity contribution in [3.63, 3.8) is 0 Å². The fraction of sp³-hybridized carbons (Fsp3) is 0.286. The van der Waals surface area contributed by atoms with Crippen molar-refractivity contribution >= 4 is 12.1 Å². The minimum atomic E-state index is -5.15. The first-order valence-corrected chi connectivity index (χ1v) is 15.0. The Bertz CT molecular complexity index is 1990. The highest BCUT2D eigenvalue weighted by molar-refractivity contribution is 5.89. The molecule has 0 radical (unpaired) electrons. The molecule has 1 N–H and O–H groups in total. The lowest BCUT2D eigenvalue weighted by Gasteiger charge is -2.26. The van der Waals surface area contributed by atoms with Crippen LogP contribution in [0.5, 0.6) is 0 Å². The second-order valence-electron chi connectivity index (χ2n) is 12.2. The number of ether oxygens (including phenoxy) is 1. The molecule has 3 aromatic carbocycles. The number of alkyl halides is 9. The molecular weight excluding hydrogens is 683 g/mol. The van der Waals surface area contributed by atoms with Gasteiger partial charge in [-0.25, -0.2) is 9.59 Å². The lowest BCUT2D eigenvalue weighted by molar-refractivity contribution is -0.143. The summed E-state index contributed by atoms with van der Waals surface area (Å²) in [4.78, 5) is 30.3. The average Bonchev–Trinajstić information content (AvgIpc) is 3.61. The number of amides is 1. The van der Waals surface area contributed by atoms with Crippen molar-refractivity contribution in [3.8, 4) is 22.3 Å². The van der Waals surface area contributed by atoms with Gasteiger partial charge in [0.2, 0.25) is 0 Å². The fourth-order valence-corrected chi connectivity index (χ4v) is 6.72. The standard InChI is InChI=1S/C35H25F9N2O4/c1-16-9-18(31(47)48)3-5-24(16)20-12-26(17(2)45-15-20)25-6-4-21(33(36,37)38)14-27(25)28-7-8-29-30(50-32(49)46(28)29)19-10-22(34(39,40)41)13-23(11-19)35(42,43)44/h3-6,9-15,28-30H,7-8H2,1-2H3,(H,47,48)/t28-,29-,30+/m0/s1. The Hall–Kier alpha value is -5.08. The number of aromatic carboxylic acids is 1. The van der Waals surface area contributed by atoms with Gasteiger partial charge in [0.15, 0.2) is 0 Å². The van der Waals surface area contributed by atoms with Gasteiger partial charge in [-0.3, -0.25) is 9.88 Å². The van der Waals surface area contributed by atoms with Crippen molar-refractivity contribution in [1.29, 1.82) is 0 Å². The van der Waals surface area contributed by atoms with Gasteiger partial charge in [-0.2, -0.15) is 39.5 Å². The van der Waals surface area contributed by atoms with Crippen LogP contribution in [-0.2, 0) is 23.3 Å². The number of carboxylic acid groups (broad SMARTS) is 1. The summed E-state index contributed by atoms with van der Waals surface area (Å²) in [6.45, 7) is 3.30. The van der Waals surface area contributed by atoms with E-state index in [0.717, 1.165) is 17.0 Å². The van der Waals surface area contributed by atoms with Gasteiger partial charge >= 0.3 is 30.6 Å². The summed E-state index contributed by atoms with van der Waals surface area (Å²) in [6, 6.07) is 7.76. The Balaban J connectivity index is 1.45. The first-order valence-electron chi connectivity index (χ1n) is 15.0. The maximum absolute atomic E-state index is 14.0. The number of nitrogens with zero attached hydrogens (tertiary/aromatic N) is 2. The number of hydrogen-bond donors (Lipinski definition) is 1. The van der Waals surface area contributed by atoms with Gasteiger partial charge in [-0.15, -0.1) is 0 Å². The molecule has 0 unspecified atom stereocenters. The number of rotatable bonds is 5. The molecule has 0 bridgehead atoms. The number of benzene rings is 3. The minimum Gasteiger partial charge on any atom is -0.478 e. The molecule has 6 rings (SSSR count). The van der Waals surface area contributed by atoms with Crippen molar-refractivity contribution in [1.82, 2.24) is 9.88 Å². The summed E-state index contributed by atoms with van der Waals surface area (Å²) in [7, 11) is 0. The van der Waals surface area contributed by atoms with Crippen molar-refractivity contribution in [2.75, 3.05) is 0 Å². The largest absolute Gasteiger partial charge is 0.478 e. The fourth-order valence-electron chi connectivity index (χ4n) is 6.72. The minimum absolute atomic E-state index is 0.000742. The number of aromatic nitrogens is 1. The quantitative estimate of drug-likeness (QED) is 0.209. The van der Waals surface area contributed by atoms with Crippen LogP contribution in [0.2, 0.25) is 0 Å². The summed E-state index contributed by atoms with van der Waals surface area (Å²) >= 11 is 0. The lowest BCUT2D eigenvalue weighted by Crippen LogP contribution is -2.31. The molecule has 262 valence electrons. The number of aryl methyl sites for hydroxylation is 2. The third kappa shape index (κ3) is 6.36. The Kier molecular flexibility index (Phi) is 8.38. The van der Waals surface area contributed by atoms with Crippen molar-refractivity contribution < 1.29 is 58.9 Å². The van der Waals surface area contributed by atoms with Crippen molar-refractivity contribution in [2.45, 2.75) is 63.4 Å². The zero-order valence-corrected chi connectivity index (χ0v) is 26.0. The van der Waals surface area contributed by atoms with Crippen LogP contribution >= 0.6 is 0 Å². The van der Waals surface area contributed by atoms with Gasteiger partial charge in [-0.1, -0.05) is 12.1 Å². The number of fused-ring (bicyclic) bond motifs is 1. The average molecular weight is 709 g/mol. The Labute approximate surface area is 278 Å². The van der Waals surface area contributed by atoms with Crippen LogP contribution in [0.4, 0.5) is 44.3 Å². The van der Waals surface area contributed by atoms with Gasteiger partial charge in [0, 0.05) is 23.0 Å². The topological polar surface area (TPSA) is 79.7 Å². The van der Waals surface area contributed by atoms with E-state index in [1.165, 1.54) is 24.4 Å². The Morgan fingerprint density at radius 1 is 0.780 bits per heavy atom. The number of cyclic esters (lactones) is 1. The highest BCUT2D eigenvalue weighted by atomic mass is 19.4. The monoisotopic (exact) mass is 708 g/mol. The SMILES string of the molecule is Cc1cc(C(=O)O)ccc1-c1cnc(C)c(-c2ccc(C(F)(F)F)cc2[C@@H]2CC[C@H]3[C@@H](c4cc(C(F)(F)F)cc(C(F)(F)F)c4)OC(=O)N23)c1. The van der Waals surface area contributed by atoms with E-state index in [1.54, 1.807) is 26.0 Å². The molecule has 1 aromatic heterocycles. The van der Waals surface area contributed by atoms with Crippen LogP contribution in [0.1, 0.15) is 74.4 Å². The molecule has 2 aliphatic rings. The maximum atomic E-state index is 14.0. The molecule has 2 fully saturated rings. The zero-order chi connectivity index (χ0) is 36.5. The molecule has 0 aliphatic carbocycles. The van der Waals surface area contributed by atoms with Gasteiger partial charge < -0.3 is 9.84 Å². The molecule has 15 heteroatoms. The number of halogens is 9. The number of carbonyl (C=O) groups is 2. The molecule has 4 aromatic rings. The second-order valence-corrected chi connectivity index (χ2v) is 12.2. The molecular formula is C35H25F9N2O4. The molecule has 1 amide bonds. The van der Waals surface area contributed by atoms with Crippen LogP contribution in [-0.4, -0.2) is 33.1 Å². The van der Waals surface area contributed by atoms with E-state index in [2.05, 4.69) is 4.98 Å². The van der Waals surface area contributed by atoms with Gasteiger partial charge in [0.1, 0.15) is 6.10 Å². The predicted octanol–water partition coefficient (Wildman–Crippen LogP) is 10.2. The van der Waals surface area contributed by atoms with E-state index >= 15 is 0 Å². The summed E-state index contributed by atoms with van der Waals surface area (Å²) < 4.78 is 129. The summed E-state index contributed by atoms with van der Waals surface area (Å²) in [5.74, 6) is -1.14. The smallest absolute Gasteiger partial charge is 0.416 e. The molecule has 0 saturated carbocycles. The highest BCUT2D eigenvalue weighted by Gasteiger charge is 2.52. The summed E-state index contributed by atoms with van der Waals surface area (Å²) in [6.07, 6.45) is -16.2. The molecule has 0 spiro atoms. The molecule has 3 atom stereocenters. The molecule has 3 heterocycles. The first kappa shape index (κ1) is 34.8. The molecule has 6 nitrogen and oxygen atoms in total. The molecule has 2 aliphatic heterocycles. The van der Waals surface area contributed by atoms with Gasteiger partial charge in [0.05, 0.1) is 34.3 Å². The Morgan fingerprint density at radius 2 is 1.40 bits per heavy atom. The van der Waals surface area contributed by atoms with Crippen molar-refractivity contribution in [2.24, 2.45) is 0 Å². The van der Waals surface area contributed by atoms with Crippen LogP contribution in [0, 0.1) is 13.8 Å². The van der Waals surface area contributed by atoms with Gasteiger partial charge in [-0.05, 0) is 103 Å². The third-order valence-corrected chi connectivity index (χ3v) is 9.05.